The van der Waals surface area contributed by atoms with Crippen molar-refractivity contribution in [3.05, 3.63) is 96.6 Å². The van der Waals surface area contributed by atoms with Crippen molar-refractivity contribution in [2.24, 2.45) is 0 Å². The quantitative estimate of drug-likeness (QED) is 0.249. The molecule has 34 heavy (non-hydrogen) atoms. The van der Waals surface area contributed by atoms with Crippen LogP contribution in [-0.2, 0) is 17.9 Å². The molecule has 0 fully saturated rings. The Hall–Kier alpha value is -2.99. The van der Waals surface area contributed by atoms with Crippen LogP contribution in [0.25, 0.3) is 0 Å². The van der Waals surface area contributed by atoms with Gasteiger partial charge in [-0.05, 0) is 46.9 Å². The lowest BCUT2D eigenvalue weighted by Crippen LogP contribution is -2.30. The summed E-state index contributed by atoms with van der Waals surface area (Å²) >= 11 is 7.83. The second-order valence-corrected chi connectivity index (χ2v) is 8.87. The van der Waals surface area contributed by atoms with Crippen LogP contribution in [0.3, 0.4) is 0 Å². The molecule has 1 heterocycles. The number of nitrogens with zero attached hydrogens (tertiary/aromatic N) is 1. The van der Waals surface area contributed by atoms with E-state index in [9.17, 15) is 31.9 Å². The number of ketones is 1. The Morgan fingerprint density at radius 2 is 1.65 bits per heavy atom. The normalized spacial score (nSPS) is 12.8. The third kappa shape index (κ3) is 4.39. The van der Waals surface area contributed by atoms with Crippen LogP contribution in [0.15, 0.2) is 42.5 Å². The van der Waals surface area contributed by atoms with Gasteiger partial charge in [0.05, 0.1) is 17.8 Å². The monoisotopic (exact) mass is 602 g/mol. The van der Waals surface area contributed by atoms with Crippen molar-refractivity contribution in [3.63, 3.8) is 0 Å². The van der Waals surface area contributed by atoms with Crippen LogP contribution >= 0.6 is 34.2 Å². The highest BCUT2D eigenvalue weighted by molar-refractivity contribution is 14.1. The van der Waals surface area contributed by atoms with E-state index in [0.717, 1.165) is 11.0 Å². The van der Waals surface area contributed by atoms with Crippen molar-refractivity contribution < 1.29 is 31.9 Å². The van der Waals surface area contributed by atoms with Gasteiger partial charge in [-0.3, -0.25) is 14.4 Å². The van der Waals surface area contributed by atoms with Crippen molar-refractivity contribution >= 4 is 57.5 Å². The highest BCUT2D eigenvalue weighted by atomic mass is 127. The number of rotatable bonds is 5. The zero-order valence-electron chi connectivity index (χ0n) is 16.9. The lowest BCUT2D eigenvalue weighted by Gasteiger charge is -2.19. The Kier molecular flexibility index (Phi) is 6.63. The van der Waals surface area contributed by atoms with Gasteiger partial charge in [-0.2, -0.15) is 0 Å². The van der Waals surface area contributed by atoms with Gasteiger partial charge in [0, 0.05) is 44.0 Å². The van der Waals surface area contributed by atoms with E-state index in [4.69, 9.17) is 11.6 Å². The van der Waals surface area contributed by atoms with Crippen molar-refractivity contribution in [2.45, 2.75) is 13.1 Å². The Morgan fingerprint density at radius 1 is 0.971 bits per heavy atom. The molecule has 3 aromatic carbocycles. The van der Waals surface area contributed by atoms with Gasteiger partial charge in [0.25, 0.3) is 17.6 Å². The standard InChI is InChI=1S/C23H12ClF4IN2O3/c24-14-2-1-3-15(26)13(14)9-31-19-5-10(4-18(29)20(19)21(32)23(31)34)22(33)30-8-12-16(27)6-11(25)7-17(12)28/h1-7H,8-9H2,(H,30,33). The Balaban J connectivity index is 1.65. The average Bonchev–Trinajstić information content (AvgIpc) is 3.00. The highest BCUT2D eigenvalue weighted by Gasteiger charge is 2.39. The van der Waals surface area contributed by atoms with Gasteiger partial charge >= 0.3 is 0 Å². The molecule has 11 heteroatoms. The lowest BCUT2D eigenvalue weighted by molar-refractivity contribution is -0.114. The molecule has 0 aromatic heterocycles. The van der Waals surface area contributed by atoms with Gasteiger partial charge < -0.3 is 10.2 Å². The summed E-state index contributed by atoms with van der Waals surface area (Å²) in [5, 5.41) is 2.38. The zero-order valence-corrected chi connectivity index (χ0v) is 19.8. The summed E-state index contributed by atoms with van der Waals surface area (Å²) in [4.78, 5) is 38.9. The van der Waals surface area contributed by atoms with Crippen LogP contribution in [0.1, 0.15) is 31.8 Å². The van der Waals surface area contributed by atoms with Crippen LogP contribution in [0.2, 0.25) is 5.02 Å². The molecule has 0 saturated carbocycles. The van der Waals surface area contributed by atoms with Gasteiger partial charge in [0.15, 0.2) is 0 Å². The van der Waals surface area contributed by atoms with E-state index in [1.807, 2.05) is 0 Å². The van der Waals surface area contributed by atoms with E-state index in [-0.39, 0.29) is 37.5 Å². The van der Waals surface area contributed by atoms with Gasteiger partial charge in [-0.15, -0.1) is 0 Å². The fraction of sp³-hybridized carbons (Fsp3) is 0.0870. The second-order valence-electron chi connectivity index (χ2n) is 7.30. The largest absolute Gasteiger partial charge is 0.348 e. The topological polar surface area (TPSA) is 66.5 Å². The molecule has 0 atom stereocenters. The van der Waals surface area contributed by atoms with Crippen LogP contribution in [0, 0.1) is 26.8 Å². The fourth-order valence-electron chi connectivity index (χ4n) is 3.51. The minimum Gasteiger partial charge on any atom is -0.348 e. The molecule has 1 aliphatic heterocycles. The number of amides is 2. The predicted octanol–water partition coefficient (Wildman–Crippen LogP) is 5.16. The second kappa shape index (κ2) is 9.34. The van der Waals surface area contributed by atoms with Gasteiger partial charge in [-0.1, -0.05) is 17.7 Å². The van der Waals surface area contributed by atoms with E-state index < -0.39 is 53.0 Å². The number of carbonyl (C=O) groups is 3. The van der Waals surface area contributed by atoms with E-state index >= 15 is 0 Å². The molecule has 0 unspecified atom stereocenters. The molecule has 0 spiro atoms. The summed E-state index contributed by atoms with van der Waals surface area (Å²) in [6.45, 7) is -0.924. The molecule has 0 aliphatic carbocycles. The first-order valence-corrected chi connectivity index (χ1v) is 11.1. The molecule has 1 aliphatic rings. The van der Waals surface area contributed by atoms with Crippen LogP contribution in [0.5, 0.6) is 0 Å². The number of hydrogen-bond donors (Lipinski definition) is 1. The molecule has 2 amide bonds. The molecule has 4 rings (SSSR count). The Bertz CT molecular complexity index is 1340. The molecule has 0 saturated heterocycles. The number of benzene rings is 3. The maximum atomic E-state index is 14.3. The van der Waals surface area contributed by atoms with Crippen LogP contribution in [-0.4, -0.2) is 17.6 Å². The summed E-state index contributed by atoms with van der Waals surface area (Å²) in [7, 11) is 0. The fourth-order valence-corrected chi connectivity index (χ4v) is 4.59. The third-order valence-corrected chi connectivity index (χ3v) is 6.40. The summed E-state index contributed by atoms with van der Waals surface area (Å²) < 4.78 is 55.4. The average molecular weight is 603 g/mol. The first-order chi connectivity index (χ1) is 16.1. The summed E-state index contributed by atoms with van der Waals surface area (Å²) in [5.74, 6) is -6.60. The lowest BCUT2D eigenvalue weighted by atomic mass is 10.1. The number of halogens is 6. The minimum absolute atomic E-state index is 0.00899. The molecule has 5 nitrogen and oxygen atoms in total. The van der Waals surface area contributed by atoms with Crippen LogP contribution < -0.4 is 10.2 Å². The number of fused-ring (bicyclic) bond motifs is 1. The molecule has 1 N–H and O–H groups in total. The van der Waals surface area contributed by atoms with E-state index in [1.54, 1.807) is 22.6 Å². The summed E-state index contributed by atoms with van der Waals surface area (Å²) in [5.41, 5.74) is -0.439. The van der Waals surface area contributed by atoms with Crippen LogP contribution in [0.4, 0.5) is 23.2 Å². The molecule has 0 bridgehead atoms. The van der Waals surface area contributed by atoms with Crippen molar-refractivity contribution in [3.8, 4) is 0 Å². The van der Waals surface area contributed by atoms with Gasteiger partial charge in [0.2, 0.25) is 0 Å². The molecule has 3 aromatic rings. The maximum absolute atomic E-state index is 14.3. The third-order valence-electron chi connectivity index (χ3n) is 5.20. The van der Waals surface area contributed by atoms with Gasteiger partial charge in [0.1, 0.15) is 23.3 Å². The molecular formula is C23H12ClF4IN2O3. The van der Waals surface area contributed by atoms with Crippen molar-refractivity contribution in [1.29, 1.82) is 0 Å². The molecular weight excluding hydrogens is 591 g/mol. The summed E-state index contributed by atoms with van der Waals surface area (Å²) in [6.07, 6.45) is 0. The molecule has 0 radical (unpaired) electrons. The number of nitrogens with one attached hydrogen (secondary N) is 1. The first-order valence-electron chi connectivity index (χ1n) is 9.62. The number of hydrogen-bond acceptors (Lipinski definition) is 3. The van der Waals surface area contributed by atoms with E-state index in [2.05, 4.69) is 5.32 Å². The zero-order chi connectivity index (χ0) is 24.7. The van der Waals surface area contributed by atoms with Crippen molar-refractivity contribution in [2.75, 3.05) is 4.90 Å². The summed E-state index contributed by atoms with van der Waals surface area (Å²) in [6, 6.07) is 7.55. The van der Waals surface area contributed by atoms with Crippen molar-refractivity contribution in [1.82, 2.24) is 5.32 Å². The smallest absolute Gasteiger partial charge is 0.299 e. The number of carbonyl (C=O) groups excluding carboxylic acids is 3. The minimum atomic E-state index is -1.16. The highest BCUT2D eigenvalue weighted by Crippen LogP contribution is 2.36. The first kappa shape index (κ1) is 24.1. The van der Waals surface area contributed by atoms with E-state index in [1.165, 1.54) is 24.3 Å². The number of Topliss-reactive ketones (excluding diaryl/α,β-unsaturated/α-hetero) is 1. The van der Waals surface area contributed by atoms with Gasteiger partial charge in [-0.25, -0.2) is 17.6 Å². The maximum Gasteiger partial charge on any atom is 0.299 e. The van der Waals surface area contributed by atoms with E-state index in [0.29, 0.717) is 12.1 Å². The predicted molar refractivity (Wildman–Crippen MR) is 124 cm³/mol. The molecule has 174 valence electrons. The SMILES string of the molecule is O=C(NCc1c(F)cc(F)cc1F)c1cc(I)c2c(c1)N(Cc1c(F)cccc1Cl)C(=O)C2=O. The Labute approximate surface area is 208 Å². The Morgan fingerprint density at radius 3 is 2.29 bits per heavy atom. The number of anilines is 1.